The van der Waals surface area contributed by atoms with Gasteiger partial charge in [-0.1, -0.05) is 65.3 Å². The molecule has 0 bridgehead atoms. The molecule has 0 aliphatic carbocycles. The van der Waals surface area contributed by atoms with E-state index in [0.29, 0.717) is 5.92 Å². The van der Waals surface area contributed by atoms with Crippen molar-refractivity contribution in [1.82, 2.24) is 0 Å². The molecular formula is C17H26. The lowest BCUT2D eigenvalue weighted by Gasteiger charge is -2.22. The van der Waals surface area contributed by atoms with Gasteiger partial charge in [-0.2, -0.15) is 0 Å². The van der Waals surface area contributed by atoms with Crippen molar-refractivity contribution in [1.29, 1.82) is 0 Å². The molecule has 1 aromatic carbocycles. The molecule has 0 nitrogen and oxygen atoms in total. The SMILES string of the molecule is C=CC(C)c1cc(CCC)cc(C(C)(C)C)c1. The van der Waals surface area contributed by atoms with E-state index in [9.17, 15) is 0 Å². The fourth-order valence-electron chi connectivity index (χ4n) is 1.98. The molecule has 0 radical (unpaired) electrons. The van der Waals surface area contributed by atoms with Gasteiger partial charge in [0.15, 0.2) is 0 Å². The van der Waals surface area contributed by atoms with Crippen LogP contribution in [0, 0.1) is 0 Å². The molecule has 1 rings (SSSR count). The average molecular weight is 230 g/mol. The van der Waals surface area contributed by atoms with Crippen LogP contribution >= 0.6 is 0 Å². The molecule has 0 aromatic heterocycles. The first-order valence-electron chi connectivity index (χ1n) is 6.65. The van der Waals surface area contributed by atoms with Crippen LogP contribution in [0.1, 0.15) is 63.6 Å². The predicted octanol–water partition coefficient (Wildman–Crippen LogP) is 5.23. The predicted molar refractivity (Wildman–Crippen MR) is 77.7 cm³/mol. The van der Waals surface area contributed by atoms with Crippen molar-refractivity contribution in [2.24, 2.45) is 0 Å². The summed E-state index contributed by atoms with van der Waals surface area (Å²) in [7, 11) is 0. The number of hydrogen-bond donors (Lipinski definition) is 0. The van der Waals surface area contributed by atoms with Crippen molar-refractivity contribution in [3.63, 3.8) is 0 Å². The maximum atomic E-state index is 3.90. The summed E-state index contributed by atoms with van der Waals surface area (Å²) in [4.78, 5) is 0. The first-order chi connectivity index (χ1) is 7.88. The lowest BCUT2D eigenvalue weighted by molar-refractivity contribution is 0.587. The highest BCUT2D eigenvalue weighted by molar-refractivity contribution is 5.37. The zero-order chi connectivity index (χ0) is 13.1. The molecule has 1 atom stereocenters. The number of rotatable bonds is 4. The van der Waals surface area contributed by atoms with Crippen LogP contribution in [0.4, 0.5) is 0 Å². The third kappa shape index (κ3) is 3.73. The van der Waals surface area contributed by atoms with Crippen LogP contribution in [0.5, 0.6) is 0 Å². The van der Waals surface area contributed by atoms with Crippen LogP contribution in [0.2, 0.25) is 0 Å². The molecule has 0 spiro atoms. The van der Waals surface area contributed by atoms with Gasteiger partial charge in [-0.15, -0.1) is 6.58 Å². The van der Waals surface area contributed by atoms with E-state index in [1.807, 2.05) is 6.08 Å². The summed E-state index contributed by atoms with van der Waals surface area (Å²) in [6.07, 6.45) is 4.40. The Labute approximate surface area is 107 Å². The first kappa shape index (κ1) is 14.0. The Bertz CT molecular complexity index is 380. The fraction of sp³-hybridized carbons (Fsp3) is 0.529. The van der Waals surface area contributed by atoms with Gasteiger partial charge in [0.2, 0.25) is 0 Å². The van der Waals surface area contributed by atoms with Crippen LogP contribution in [0.25, 0.3) is 0 Å². The largest absolute Gasteiger partial charge is 0.102 e. The summed E-state index contributed by atoms with van der Waals surface area (Å²) in [6.45, 7) is 15.2. The van der Waals surface area contributed by atoms with Crippen molar-refractivity contribution in [2.75, 3.05) is 0 Å². The molecule has 94 valence electrons. The van der Waals surface area contributed by atoms with Crippen LogP contribution in [-0.2, 0) is 11.8 Å². The van der Waals surface area contributed by atoms with E-state index in [0.717, 1.165) is 0 Å². The number of hydrogen-bond acceptors (Lipinski definition) is 0. The quantitative estimate of drug-likeness (QED) is 0.622. The van der Waals surface area contributed by atoms with E-state index in [4.69, 9.17) is 0 Å². The Kier molecular flexibility index (Phi) is 4.56. The van der Waals surface area contributed by atoms with Crippen LogP contribution in [0.15, 0.2) is 30.9 Å². The Morgan fingerprint density at radius 3 is 2.35 bits per heavy atom. The van der Waals surface area contributed by atoms with Crippen LogP contribution < -0.4 is 0 Å². The lowest BCUT2D eigenvalue weighted by Crippen LogP contribution is -2.12. The maximum absolute atomic E-state index is 3.90. The molecule has 0 N–H and O–H groups in total. The molecule has 0 aliphatic heterocycles. The van der Waals surface area contributed by atoms with Gasteiger partial charge in [-0.25, -0.2) is 0 Å². The third-order valence-electron chi connectivity index (χ3n) is 3.30. The van der Waals surface area contributed by atoms with E-state index < -0.39 is 0 Å². The van der Waals surface area contributed by atoms with Crippen LogP contribution in [-0.4, -0.2) is 0 Å². The molecule has 0 fully saturated rings. The van der Waals surface area contributed by atoms with E-state index in [1.165, 1.54) is 29.5 Å². The molecule has 1 aromatic rings. The second kappa shape index (κ2) is 5.53. The minimum absolute atomic E-state index is 0.222. The van der Waals surface area contributed by atoms with Crippen molar-refractivity contribution < 1.29 is 0 Å². The molecule has 0 heteroatoms. The molecule has 1 unspecified atom stereocenters. The summed E-state index contributed by atoms with van der Waals surface area (Å²) in [6, 6.07) is 7.04. The van der Waals surface area contributed by atoms with Crippen molar-refractivity contribution in [3.05, 3.63) is 47.5 Å². The second-order valence-corrected chi connectivity index (χ2v) is 5.99. The number of benzene rings is 1. The monoisotopic (exact) mass is 230 g/mol. The highest BCUT2D eigenvalue weighted by atomic mass is 14.2. The summed E-state index contributed by atoms with van der Waals surface area (Å²) in [5.74, 6) is 0.438. The topological polar surface area (TPSA) is 0 Å². The van der Waals surface area contributed by atoms with Gasteiger partial charge < -0.3 is 0 Å². The van der Waals surface area contributed by atoms with E-state index in [1.54, 1.807) is 0 Å². The van der Waals surface area contributed by atoms with E-state index >= 15 is 0 Å². The average Bonchev–Trinajstić information content (AvgIpc) is 2.27. The highest BCUT2D eigenvalue weighted by Gasteiger charge is 2.16. The summed E-state index contributed by atoms with van der Waals surface area (Å²) >= 11 is 0. The van der Waals surface area contributed by atoms with Crippen molar-refractivity contribution in [3.8, 4) is 0 Å². The minimum Gasteiger partial charge on any atom is -0.102 e. The molecule has 0 heterocycles. The molecule has 0 saturated carbocycles. The van der Waals surface area contributed by atoms with Crippen molar-refractivity contribution in [2.45, 2.75) is 58.8 Å². The standard InChI is InChI=1S/C17H26/c1-7-9-14-10-15(13(3)8-2)12-16(11-14)17(4,5)6/h8,10-13H,2,7,9H2,1,3-6H3. The summed E-state index contributed by atoms with van der Waals surface area (Å²) in [5.41, 5.74) is 4.52. The molecule has 0 saturated heterocycles. The number of aryl methyl sites for hydroxylation is 1. The highest BCUT2D eigenvalue weighted by Crippen LogP contribution is 2.28. The van der Waals surface area contributed by atoms with Gasteiger partial charge >= 0.3 is 0 Å². The molecular weight excluding hydrogens is 204 g/mol. The van der Waals surface area contributed by atoms with Gasteiger partial charge in [-0.3, -0.25) is 0 Å². The van der Waals surface area contributed by atoms with E-state index in [-0.39, 0.29) is 5.41 Å². The van der Waals surface area contributed by atoms with Crippen LogP contribution in [0.3, 0.4) is 0 Å². The fourth-order valence-corrected chi connectivity index (χ4v) is 1.98. The summed E-state index contributed by atoms with van der Waals surface area (Å²) in [5, 5.41) is 0. The Balaban J connectivity index is 3.23. The lowest BCUT2D eigenvalue weighted by atomic mass is 9.83. The Morgan fingerprint density at radius 2 is 1.88 bits per heavy atom. The summed E-state index contributed by atoms with van der Waals surface area (Å²) < 4.78 is 0. The van der Waals surface area contributed by atoms with Gasteiger partial charge in [0, 0.05) is 0 Å². The van der Waals surface area contributed by atoms with Gasteiger partial charge in [0.25, 0.3) is 0 Å². The van der Waals surface area contributed by atoms with E-state index in [2.05, 4.69) is 59.4 Å². The Morgan fingerprint density at radius 1 is 1.24 bits per heavy atom. The van der Waals surface area contributed by atoms with Gasteiger partial charge in [-0.05, 0) is 34.4 Å². The smallest absolute Gasteiger partial charge is 0.00129 e. The second-order valence-electron chi connectivity index (χ2n) is 5.99. The molecule has 0 amide bonds. The zero-order valence-electron chi connectivity index (χ0n) is 12.0. The zero-order valence-corrected chi connectivity index (χ0v) is 12.0. The third-order valence-corrected chi connectivity index (χ3v) is 3.30. The van der Waals surface area contributed by atoms with Gasteiger partial charge in [0.1, 0.15) is 0 Å². The molecule has 0 aliphatic rings. The van der Waals surface area contributed by atoms with Gasteiger partial charge in [0.05, 0.1) is 0 Å². The molecule has 17 heavy (non-hydrogen) atoms. The van der Waals surface area contributed by atoms with Crippen molar-refractivity contribution >= 4 is 0 Å². The first-order valence-corrected chi connectivity index (χ1v) is 6.65. The Hall–Kier alpha value is -1.04. The number of allylic oxidation sites excluding steroid dienone is 1. The minimum atomic E-state index is 0.222. The normalized spacial score (nSPS) is 13.5. The maximum Gasteiger partial charge on any atom is -0.00129 e.